The topological polar surface area (TPSA) is 76.9 Å². The molecule has 0 aliphatic carbocycles. The van der Waals surface area contributed by atoms with E-state index in [1.165, 1.54) is 6.34 Å². The van der Waals surface area contributed by atoms with Crippen molar-refractivity contribution in [2.75, 3.05) is 0 Å². The number of benzene rings is 1. The zero-order valence-corrected chi connectivity index (χ0v) is 9.65. The lowest BCUT2D eigenvalue weighted by Gasteiger charge is -1.97. The fraction of sp³-hybridized carbons (Fsp3) is 0. The highest BCUT2D eigenvalue weighted by atomic mass is 32.1. The predicted octanol–water partition coefficient (Wildman–Crippen LogP) is 2.10. The van der Waals surface area contributed by atoms with Crippen LogP contribution in [0.3, 0.4) is 0 Å². The van der Waals surface area contributed by atoms with Gasteiger partial charge >= 0.3 is 0 Å². The van der Waals surface area contributed by atoms with Gasteiger partial charge in [-0.1, -0.05) is 12.1 Å². The third-order valence-electron chi connectivity index (χ3n) is 2.07. The molecule has 0 unspecified atom stereocenters. The lowest BCUT2D eigenvalue weighted by atomic mass is 10.1. The average molecular weight is 243 g/mol. The van der Waals surface area contributed by atoms with Crippen LogP contribution in [0.1, 0.15) is 0 Å². The minimum Gasteiger partial charge on any atom is -0.339 e. The van der Waals surface area contributed by atoms with Crippen molar-refractivity contribution in [2.45, 2.75) is 5.16 Å². The van der Waals surface area contributed by atoms with Crippen LogP contribution in [0.25, 0.3) is 11.3 Å². The van der Waals surface area contributed by atoms with E-state index >= 15 is 0 Å². The van der Waals surface area contributed by atoms with E-state index < -0.39 is 0 Å². The summed E-state index contributed by atoms with van der Waals surface area (Å²) in [5, 5.41) is 11.2. The molecule has 0 fully saturated rings. The highest BCUT2D eigenvalue weighted by molar-refractivity contribution is 7.80. The highest BCUT2D eigenvalue weighted by Gasteiger charge is 2.01. The van der Waals surface area contributed by atoms with Gasteiger partial charge < -0.3 is 4.98 Å². The maximum Gasteiger partial charge on any atom is 0.182 e. The first-order valence-corrected chi connectivity index (χ1v) is 5.26. The molecule has 0 spiro atoms. The first kappa shape index (κ1) is 11.2. The number of hydrogen-bond acceptors (Lipinski definition) is 4. The van der Waals surface area contributed by atoms with Gasteiger partial charge in [0.05, 0.1) is 11.4 Å². The Kier molecular flexibility index (Phi) is 3.43. The lowest BCUT2D eigenvalue weighted by molar-refractivity contribution is 1.07. The molecule has 1 aromatic heterocycles. The van der Waals surface area contributed by atoms with E-state index in [0.717, 1.165) is 16.9 Å². The molecule has 6 heteroatoms. The van der Waals surface area contributed by atoms with E-state index in [9.17, 15) is 0 Å². The van der Waals surface area contributed by atoms with Crippen molar-refractivity contribution in [3.8, 4) is 17.5 Å². The van der Waals surface area contributed by atoms with Gasteiger partial charge in [-0.2, -0.15) is 5.26 Å². The molecule has 1 heterocycles. The molecule has 0 saturated heterocycles. The van der Waals surface area contributed by atoms with E-state index in [1.54, 1.807) is 12.4 Å². The van der Waals surface area contributed by atoms with Crippen LogP contribution in [0.4, 0.5) is 5.69 Å². The van der Waals surface area contributed by atoms with Gasteiger partial charge in [0.2, 0.25) is 0 Å². The standard InChI is InChI=1S/C11H9N5S/c12-6-13-7-15-9-3-1-8(2-4-9)10-5-14-11(17)16-10/h1-5,7H,(H,13,15)(H2,14,16,17). The first-order valence-electron chi connectivity index (χ1n) is 4.81. The average Bonchev–Trinajstić information content (AvgIpc) is 2.77. The Morgan fingerprint density at radius 2 is 2.18 bits per heavy atom. The molecule has 2 N–H and O–H groups in total. The zero-order chi connectivity index (χ0) is 12.1. The number of aromatic nitrogens is 2. The van der Waals surface area contributed by atoms with Gasteiger partial charge in [0.1, 0.15) is 6.34 Å². The van der Waals surface area contributed by atoms with Crippen LogP contribution in [0.15, 0.2) is 40.6 Å². The van der Waals surface area contributed by atoms with E-state index in [1.807, 2.05) is 24.3 Å². The highest BCUT2D eigenvalue weighted by Crippen LogP contribution is 2.21. The van der Waals surface area contributed by atoms with Crippen molar-refractivity contribution in [1.29, 1.82) is 5.26 Å². The number of nitrogens with one attached hydrogen (secondary N) is 2. The summed E-state index contributed by atoms with van der Waals surface area (Å²) in [5.41, 5.74) is 2.58. The van der Waals surface area contributed by atoms with E-state index in [-0.39, 0.29) is 0 Å². The monoisotopic (exact) mass is 243 g/mol. The molecule has 84 valence electrons. The summed E-state index contributed by atoms with van der Waals surface area (Å²) in [7, 11) is 0. The van der Waals surface area contributed by atoms with Crippen LogP contribution in [-0.4, -0.2) is 16.3 Å². The van der Waals surface area contributed by atoms with Crippen molar-refractivity contribution < 1.29 is 0 Å². The summed E-state index contributed by atoms with van der Waals surface area (Å²) in [6.45, 7) is 0. The van der Waals surface area contributed by atoms with Crippen LogP contribution in [0.2, 0.25) is 0 Å². The Morgan fingerprint density at radius 3 is 2.76 bits per heavy atom. The molecule has 2 rings (SSSR count). The molecule has 0 atom stereocenters. The van der Waals surface area contributed by atoms with E-state index in [0.29, 0.717) is 5.16 Å². The summed E-state index contributed by atoms with van der Waals surface area (Å²) in [6.07, 6.45) is 4.89. The van der Waals surface area contributed by atoms with Crippen molar-refractivity contribution in [3.63, 3.8) is 0 Å². The SMILES string of the molecule is N#CN/C=N/c1ccc(-c2c[nH]c(S)n2)cc1. The quantitative estimate of drug-likeness (QED) is 0.254. The first-order chi connectivity index (χ1) is 8.29. The van der Waals surface area contributed by atoms with E-state index in [2.05, 4.69) is 32.9 Å². The zero-order valence-electron chi connectivity index (χ0n) is 8.75. The lowest BCUT2D eigenvalue weighted by Crippen LogP contribution is -1.98. The molecule has 17 heavy (non-hydrogen) atoms. The Labute approximate surface area is 104 Å². The summed E-state index contributed by atoms with van der Waals surface area (Å²) in [6, 6.07) is 7.50. The Morgan fingerprint density at radius 1 is 1.41 bits per heavy atom. The number of aromatic amines is 1. The number of imidazole rings is 1. The summed E-state index contributed by atoms with van der Waals surface area (Å²) < 4.78 is 0. The van der Waals surface area contributed by atoms with Crippen LogP contribution < -0.4 is 5.32 Å². The maximum atomic E-state index is 8.27. The van der Waals surface area contributed by atoms with Crippen LogP contribution in [0, 0.1) is 11.5 Å². The summed E-state index contributed by atoms with van der Waals surface area (Å²) >= 11 is 4.10. The van der Waals surface area contributed by atoms with Gasteiger partial charge in [-0.25, -0.2) is 9.98 Å². The maximum absolute atomic E-state index is 8.27. The fourth-order valence-corrected chi connectivity index (χ4v) is 1.49. The Hall–Kier alpha value is -2.26. The third-order valence-corrected chi connectivity index (χ3v) is 2.30. The molecule has 0 bridgehead atoms. The van der Waals surface area contributed by atoms with Gasteiger partial charge in [-0.15, -0.1) is 12.6 Å². The fourth-order valence-electron chi connectivity index (χ4n) is 1.31. The van der Waals surface area contributed by atoms with Crippen molar-refractivity contribution in [2.24, 2.45) is 4.99 Å². The third kappa shape index (κ3) is 2.86. The predicted molar refractivity (Wildman–Crippen MR) is 68.2 cm³/mol. The molecule has 0 radical (unpaired) electrons. The molecule has 0 amide bonds. The van der Waals surface area contributed by atoms with Gasteiger partial charge in [-0.3, -0.25) is 5.32 Å². The van der Waals surface area contributed by atoms with Crippen LogP contribution in [-0.2, 0) is 0 Å². The number of thiol groups is 1. The number of rotatable bonds is 3. The molecule has 1 aromatic carbocycles. The number of nitriles is 1. The minimum absolute atomic E-state index is 0.584. The Bertz CT molecular complexity index is 564. The number of hydrogen-bond donors (Lipinski definition) is 3. The van der Waals surface area contributed by atoms with E-state index in [4.69, 9.17) is 5.26 Å². The second kappa shape index (κ2) is 5.18. The second-order valence-corrected chi connectivity index (χ2v) is 3.59. The van der Waals surface area contributed by atoms with Gasteiger partial charge in [0.15, 0.2) is 11.3 Å². The van der Waals surface area contributed by atoms with Gasteiger partial charge in [0, 0.05) is 11.8 Å². The van der Waals surface area contributed by atoms with Crippen LogP contribution in [0.5, 0.6) is 0 Å². The normalized spacial score (nSPS) is 10.4. The summed E-state index contributed by atoms with van der Waals surface area (Å²) in [5.74, 6) is 0. The molecule has 2 aromatic rings. The largest absolute Gasteiger partial charge is 0.339 e. The van der Waals surface area contributed by atoms with Crippen molar-refractivity contribution in [1.82, 2.24) is 15.3 Å². The molecule has 0 saturated carbocycles. The molecule has 0 aliphatic heterocycles. The minimum atomic E-state index is 0.584. The smallest absolute Gasteiger partial charge is 0.182 e. The second-order valence-electron chi connectivity index (χ2n) is 3.17. The Balaban J connectivity index is 2.16. The van der Waals surface area contributed by atoms with Crippen LogP contribution >= 0.6 is 12.6 Å². The molecule has 5 nitrogen and oxygen atoms in total. The number of H-pyrrole nitrogens is 1. The molecular weight excluding hydrogens is 234 g/mol. The summed E-state index contributed by atoms with van der Waals surface area (Å²) in [4.78, 5) is 11.1. The molecule has 0 aliphatic rings. The van der Waals surface area contributed by atoms with Gasteiger partial charge in [-0.05, 0) is 12.1 Å². The van der Waals surface area contributed by atoms with Gasteiger partial charge in [0.25, 0.3) is 0 Å². The van der Waals surface area contributed by atoms with Crippen molar-refractivity contribution >= 4 is 24.7 Å². The molecular formula is C11H9N5S. The number of nitrogens with zero attached hydrogens (tertiary/aromatic N) is 3. The van der Waals surface area contributed by atoms with Crippen molar-refractivity contribution in [3.05, 3.63) is 30.5 Å². The number of aliphatic imine (C=N–C) groups is 1.